The molecular formula is C10H19IO2. The van der Waals surface area contributed by atoms with Crippen molar-refractivity contribution in [2.45, 2.75) is 51.4 Å². The van der Waals surface area contributed by atoms with E-state index in [-0.39, 0.29) is 0 Å². The predicted octanol–water partition coefficient (Wildman–Crippen LogP) is 3.63. The molecule has 0 saturated carbocycles. The normalized spacial score (nSPS) is 10.2. The summed E-state index contributed by atoms with van der Waals surface area (Å²) in [7, 11) is 0. The second-order valence-corrected chi connectivity index (χ2v) is 4.39. The van der Waals surface area contributed by atoms with Crippen LogP contribution in [0.25, 0.3) is 0 Å². The summed E-state index contributed by atoms with van der Waals surface area (Å²) in [6, 6.07) is 0. The molecule has 0 bridgehead atoms. The van der Waals surface area contributed by atoms with Crippen molar-refractivity contribution in [2.75, 3.05) is 4.43 Å². The number of hydrogen-bond donors (Lipinski definition) is 1. The number of carboxylic acids is 1. The maximum Gasteiger partial charge on any atom is 0.303 e. The van der Waals surface area contributed by atoms with E-state index in [4.69, 9.17) is 5.11 Å². The number of unbranched alkanes of at least 4 members (excludes halogenated alkanes) is 6. The van der Waals surface area contributed by atoms with Crippen LogP contribution in [-0.4, -0.2) is 15.5 Å². The van der Waals surface area contributed by atoms with Gasteiger partial charge in [0.15, 0.2) is 0 Å². The van der Waals surface area contributed by atoms with Crippen molar-refractivity contribution < 1.29 is 9.90 Å². The largest absolute Gasteiger partial charge is 0.481 e. The van der Waals surface area contributed by atoms with Crippen molar-refractivity contribution in [3.05, 3.63) is 0 Å². The fourth-order valence-corrected chi connectivity index (χ4v) is 1.79. The first-order valence-electron chi connectivity index (χ1n) is 5.05. The molecule has 0 atom stereocenters. The second-order valence-electron chi connectivity index (χ2n) is 3.31. The number of aliphatic carboxylic acids is 1. The first-order valence-corrected chi connectivity index (χ1v) is 6.57. The van der Waals surface area contributed by atoms with E-state index in [2.05, 4.69) is 22.6 Å². The van der Waals surface area contributed by atoms with E-state index in [1.807, 2.05) is 0 Å². The molecule has 0 aliphatic carbocycles. The number of rotatable bonds is 9. The summed E-state index contributed by atoms with van der Waals surface area (Å²) in [5, 5.41) is 8.39. The number of carboxylic acid groups (broad SMARTS) is 1. The average Bonchev–Trinajstić information content (AvgIpc) is 2.09. The van der Waals surface area contributed by atoms with E-state index in [1.54, 1.807) is 0 Å². The number of carbonyl (C=O) groups is 1. The van der Waals surface area contributed by atoms with Gasteiger partial charge in [-0.3, -0.25) is 4.79 Å². The molecule has 0 aromatic rings. The zero-order valence-corrected chi connectivity index (χ0v) is 10.3. The smallest absolute Gasteiger partial charge is 0.303 e. The van der Waals surface area contributed by atoms with Crippen LogP contribution in [-0.2, 0) is 4.79 Å². The number of hydrogen-bond acceptors (Lipinski definition) is 1. The second kappa shape index (κ2) is 10.3. The zero-order chi connectivity index (χ0) is 9.94. The molecule has 0 radical (unpaired) electrons. The summed E-state index contributed by atoms with van der Waals surface area (Å²) in [6.07, 6.45) is 8.73. The first-order chi connectivity index (χ1) is 6.27. The van der Waals surface area contributed by atoms with E-state index in [9.17, 15) is 4.79 Å². The highest BCUT2D eigenvalue weighted by atomic mass is 127. The Morgan fingerprint density at radius 1 is 0.923 bits per heavy atom. The molecule has 0 aliphatic heterocycles. The molecule has 0 amide bonds. The van der Waals surface area contributed by atoms with E-state index in [0.29, 0.717) is 6.42 Å². The number of alkyl halides is 1. The average molecular weight is 298 g/mol. The third-order valence-electron chi connectivity index (χ3n) is 2.02. The first kappa shape index (κ1) is 13.2. The van der Waals surface area contributed by atoms with Crippen LogP contribution in [0.15, 0.2) is 0 Å². The SMILES string of the molecule is O=C(O)CCCCCCCCCI. The van der Waals surface area contributed by atoms with Crippen LogP contribution in [0.3, 0.4) is 0 Å². The molecule has 0 saturated heterocycles. The van der Waals surface area contributed by atoms with Gasteiger partial charge in [-0.25, -0.2) is 0 Å². The van der Waals surface area contributed by atoms with Crippen molar-refractivity contribution in [1.82, 2.24) is 0 Å². The van der Waals surface area contributed by atoms with Gasteiger partial charge < -0.3 is 5.11 Å². The van der Waals surface area contributed by atoms with Gasteiger partial charge in [-0.1, -0.05) is 54.7 Å². The van der Waals surface area contributed by atoms with Crippen molar-refractivity contribution >= 4 is 28.6 Å². The predicted molar refractivity (Wildman–Crippen MR) is 63.5 cm³/mol. The van der Waals surface area contributed by atoms with E-state index >= 15 is 0 Å². The van der Waals surface area contributed by atoms with Crippen LogP contribution in [0.5, 0.6) is 0 Å². The summed E-state index contributed by atoms with van der Waals surface area (Å²) >= 11 is 2.40. The Bertz CT molecular complexity index is 126. The Hall–Kier alpha value is 0.200. The van der Waals surface area contributed by atoms with Crippen LogP contribution in [0.4, 0.5) is 0 Å². The van der Waals surface area contributed by atoms with Gasteiger partial charge in [0.1, 0.15) is 0 Å². The molecule has 0 aromatic carbocycles. The van der Waals surface area contributed by atoms with Gasteiger partial charge in [-0.2, -0.15) is 0 Å². The summed E-state index contributed by atoms with van der Waals surface area (Å²) < 4.78 is 1.26. The van der Waals surface area contributed by atoms with Gasteiger partial charge in [-0.05, 0) is 17.3 Å². The van der Waals surface area contributed by atoms with Crippen LogP contribution >= 0.6 is 22.6 Å². The Morgan fingerprint density at radius 3 is 1.85 bits per heavy atom. The van der Waals surface area contributed by atoms with E-state index in [0.717, 1.165) is 12.8 Å². The molecule has 78 valence electrons. The lowest BCUT2D eigenvalue weighted by molar-refractivity contribution is -0.137. The highest BCUT2D eigenvalue weighted by Crippen LogP contribution is 2.09. The molecule has 0 aliphatic rings. The van der Waals surface area contributed by atoms with Crippen LogP contribution in [0.1, 0.15) is 51.4 Å². The summed E-state index contributed by atoms with van der Waals surface area (Å²) in [6.45, 7) is 0. The Kier molecular flexibility index (Phi) is 10.4. The van der Waals surface area contributed by atoms with Crippen molar-refractivity contribution in [3.8, 4) is 0 Å². The van der Waals surface area contributed by atoms with E-state index < -0.39 is 5.97 Å². The van der Waals surface area contributed by atoms with Gasteiger partial charge in [0.25, 0.3) is 0 Å². The molecule has 0 fully saturated rings. The van der Waals surface area contributed by atoms with Crippen LogP contribution < -0.4 is 0 Å². The third-order valence-corrected chi connectivity index (χ3v) is 2.79. The van der Waals surface area contributed by atoms with Gasteiger partial charge in [0, 0.05) is 6.42 Å². The van der Waals surface area contributed by atoms with Crippen LogP contribution in [0, 0.1) is 0 Å². The maximum atomic E-state index is 10.2. The molecule has 0 unspecified atom stereocenters. The minimum atomic E-state index is -0.662. The lowest BCUT2D eigenvalue weighted by Crippen LogP contribution is -1.93. The third kappa shape index (κ3) is 12.2. The zero-order valence-electron chi connectivity index (χ0n) is 8.10. The van der Waals surface area contributed by atoms with Gasteiger partial charge in [0.05, 0.1) is 0 Å². The van der Waals surface area contributed by atoms with E-state index in [1.165, 1.54) is 36.5 Å². The highest BCUT2D eigenvalue weighted by Gasteiger charge is 1.96. The van der Waals surface area contributed by atoms with Gasteiger partial charge in [-0.15, -0.1) is 0 Å². The molecule has 1 N–H and O–H groups in total. The van der Waals surface area contributed by atoms with Crippen molar-refractivity contribution in [2.24, 2.45) is 0 Å². The Morgan fingerprint density at radius 2 is 1.38 bits per heavy atom. The molecule has 0 spiro atoms. The fourth-order valence-electron chi connectivity index (χ4n) is 1.25. The van der Waals surface area contributed by atoms with Crippen LogP contribution in [0.2, 0.25) is 0 Å². The van der Waals surface area contributed by atoms with Crippen molar-refractivity contribution in [3.63, 3.8) is 0 Å². The molecule has 0 rings (SSSR count). The summed E-state index contributed by atoms with van der Waals surface area (Å²) in [5.41, 5.74) is 0. The molecule has 13 heavy (non-hydrogen) atoms. The molecule has 3 heteroatoms. The molecule has 0 aromatic heterocycles. The maximum absolute atomic E-state index is 10.2. The molecule has 0 heterocycles. The Balaban J connectivity index is 2.87. The minimum absolute atomic E-state index is 0.341. The topological polar surface area (TPSA) is 37.3 Å². The fraction of sp³-hybridized carbons (Fsp3) is 0.900. The van der Waals surface area contributed by atoms with Crippen molar-refractivity contribution in [1.29, 1.82) is 0 Å². The molecular weight excluding hydrogens is 279 g/mol. The quantitative estimate of drug-likeness (QED) is 0.401. The molecule has 2 nitrogen and oxygen atoms in total. The lowest BCUT2D eigenvalue weighted by atomic mass is 10.1. The standard InChI is InChI=1S/C10H19IO2/c11-9-7-5-3-1-2-4-6-8-10(12)13/h1-9H2,(H,12,13). The lowest BCUT2D eigenvalue weighted by Gasteiger charge is -1.99. The Labute approximate surface area is 94.2 Å². The summed E-state index contributed by atoms with van der Waals surface area (Å²) in [5.74, 6) is -0.662. The number of halogens is 1. The van der Waals surface area contributed by atoms with Gasteiger partial charge >= 0.3 is 5.97 Å². The van der Waals surface area contributed by atoms with Gasteiger partial charge in [0.2, 0.25) is 0 Å². The monoisotopic (exact) mass is 298 g/mol. The summed E-state index contributed by atoms with van der Waals surface area (Å²) in [4.78, 5) is 10.2. The highest BCUT2D eigenvalue weighted by molar-refractivity contribution is 14.1. The minimum Gasteiger partial charge on any atom is -0.481 e.